The van der Waals surface area contributed by atoms with Gasteiger partial charge in [0.1, 0.15) is 0 Å². The summed E-state index contributed by atoms with van der Waals surface area (Å²) in [6, 6.07) is 0. The summed E-state index contributed by atoms with van der Waals surface area (Å²) >= 11 is 0. The summed E-state index contributed by atoms with van der Waals surface area (Å²) in [5, 5.41) is 8.90. The Morgan fingerprint density at radius 3 is 3.20 bits per heavy atom. The number of methoxy groups -OCH3 is 1. The number of nitrogens with zero attached hydrogens (tertiary/aromatic N) is 1. The molecule has 2 heterocycles. The van der Waals surface area contributed by atoms with E-state index >= 15 is 0 Å². The second-order valence-electron chi connectivity index (χ2n) is 4.63. The third kappa shape index (κ3) is 2.50. The molecule has 4 heteroatoms. The normalized spacial score (nSPS) is 37.6. The van der Waals surface area contributed by atoms with Crippen LogP contribution in [-0.4, -0.2) is 61.7 Å². The summed E-state index contributed by atoms with van der Waals surface area (Å²) < 4.78 is 11.4. The average Bonchev–Trinajstić information content (AvgIpc) is 2.62. The lowest BCUT2D eigenvalue weighted by atomic mass is 9.91. The molecule has 0 amide bonds. The van der Waals surface area contributed by atoms with Crippen LogP contribution < -0.4 is 0 Å². The van der Waals surface area contributed by atoms with Crippen LogP contribution in [0.1, 0.15) is 19.3 Å². The molecule has 2 saturated heterocycles. The fraction of sp³-hybridized carbons (Fsp3) is 1.00. The molecule has 0 saturated carbocycles. The highest BCUT2D eigenvalue weighted by molar-refractivity contribution is 4.95. The molecule has 15 heavy (non-hydrogen) atoms. The molecule has 1 spiro atoms. The van der Waals surface area contributed by atoms with Gasteiger partial charge in [-0.25, -0.2) is 0 Å². The van der Waals surface area contributed by atoms with Crippen LogP contribution in [0.25, 0.3) is 0 Å². The fourth-order valence-corrected chi connectivity index (χ4v) is 2.73. The molecule has 0 unspecified atom stereocenters. The van der Waals surface area contributed by atoms with E-state index in [1.807, 2.05) is 0 Å². The van der Waals surface area contributed by atoms with Crippen molar-refractivity contribution in [2.24, 2.45) is 0 Å². The van der Waals surface area contributed by atoms with Gasteiger partial charge in [0, 0.05) is 39.8 Å². The zero-order chi connectivity index (χ0) is 10.7. The molecule has 0 aromatic heterocycles. The molecule has 88 valence electrons. The van der Waals surface area contributed by atoms with Crippen molar-refractivity contribution in [1.82, 2.24) is 4.90 Å². The first-order valence-corrected chi connectivity index (χ1v) is 5.78. The molecular weight excluding hydrogens is 194 g/mol. The lowest BCUT2D eigenvalue weighted by Gasteiger charge is -2.37. The Balaban J connectivity index is 1.90. The van der Waals surface area contributed by atoms with Crippen molar-refractivity contribution in [3.05, 3.63) is 0 Å². The predicted molar refractivity (Wildman–Crippen MR) is 56.9 cm³/mol. The Hall–Kier alpha value is -0.160. The van der Waals surface area contributed by atoms with E-state index < -0.39 is 0 Å². The van der Waals surface area contributed by atoms with Gasteiger partial charge in [0.25, 0.3) is 0 Å². The van der Waals surface area contributed by atoms with E-state index in [9.17, 15) is 0 Å². The summed E-state index contributed by atoms with van der Waals surface area (Å²) in [7, 11) is 1.78. The van der Waals surface area contributed by atoms with E-state index in [-0.39, 0.29) is 12.2 Å². The molecule has 4 nitrogen and oxygen atoms in total. The van der Waals surface area contributed by atoms with Crippen molar-refractivity contribution >= 4 is 0 Å². The minimum atomic E-state index is 0.00803. The van der Waals surface area contributed by atoms with Gasteiger partial charge in [-0.05, 0) is 12.8 Å². The second kappa shape index (κ2) is 4.78. The molecule has 2 aliphatic rings. The van der Waals surface area contributed by atoms with Gasteiger partial charge in [-0.2, -0.15) is 0 Å². The van der Waals surface area contributed by atoms with Gasteiger partial charge < -0.3 is 14.6 Å². The largest absolute Gasteiger partial charge is 0.395 e. The van der Waals surface area contributed by atoms with Crippen molar-refractivity contribution < 1.29 is 14.6 Å². The number of hydrogen-bond acceptors (Lipinski definition) is 4. The fourth-order valence-electron chi connectivity index (χ4n) is 2.73. The Morgan fingerprint density at radius 1 is 1.60 bits per heavy atom. The molecule has 0 aromatic carbocycles. The average molecular weight is 215 g/mol. The van der Waals surface area contributed by atoms with Gasteiger partial charge in [0.2, 0.25) is 0 Å². The number of aliphatic hydroxyl groups is 1. The first-order chi connectivity index (χ1) is 7.28. The van der Waals surface area contributed by atoms with Gasteiger partial charge in [0.15, 0.2) is 0 Å². The number of β-amino-alcohol motifs (C(OH)–C–C–N with tert-alkyl or cyclic N) is 1. The summed E-state index contributed by atoms with van der Waals surface area (Å²) in [6.07, 6.45) is 3.45. The highest BCUT2D eigenvalue weighted by atomic mass is 16.5. The summed E-state index contributed by atoms with van der Waals surface area (Å²) in [4.78, 5) is 2.28. The first-order valence-electron chi connectivity index (χ1n) is 5.78. The first kappa shape index (κ1) is 11.3. The number of hydrogen-bond donors (Lipinski definition) is 1. The molecule has 0 radical (unpaired) electrons. The topological polar surface area (TPSA) is 41.9 Å². The predicted octanol–water partition coefficient (Wildman–Crippen LogP) is 0.249. The summed E-state index contributed by atoms with van der Waals surface area (Å²) in [5.74, 6) is 0. The minimum absolute atomic E-state index is 0.00803. The third-order valence-electron chi connectivity index (χ3n) is 3.59. The minimum Gasteiger partial charge on any atom is -0.395 e. The Kier molecular flexibility index (Phi) is 3.61. The molecule has 0 aromatic rings. The third-order valence-corrected chi connectivity index (χ3v) is 3.59. The molecule has 2 fully saturated rings. The van der Waals surface area contributed by atoms with Crippen LogP contribution in [0, 0.1) is 0 Å². The Bertz CT molecular complexity index is 212. The molecule has 0 bridgehead atoms. The van der Waals surface area contributed by atoms with Crippen LogP contribution in [0.15, 0.2) is 0 Å². The van der Waals surface area contributed by atoms with E-state index in [0.717, 1.165) is 45.5 Å². The van der Waals surface area contributed by atoms with Crippen molar-refractivity contribution in [1.29, 1.82) is 0 Å². The quantitative estimate of drug-likeness (QED) is 0.732. The van der Waals surface area contributed by atoms with Crippen LogP contribution in [0.4, 0.5) is 0 Å². The van der Waals surface area contributed by atoms with Gasteiger partial charge in [-0.15, -0.1) is 0 Å². The van der Waals surface area contributed by atoms with E-state index in [0.29, 0.717) is 6.10 Å². The van der Waals surface area contributed by atoms with Gasteiger partial charge in [0.05, 0.1) is 18.3 Å². The Labute approximate surface area is 91.2 Å². The SMILES string of the molecule is CO[C@@H]1CCO[C@]2(CCN(CCO)C2)C1. The lowest BCUT2D eigenvalue weighted by Crippen LogP contribution is -2.44. The zero-order valence-corrected chi connectivity index (χ0v) is 9.45. The lowest BCUT2D eigenvalue weighted by molar-refractivity contribution is -0.119. The molecule has 2 atom stereocenters. The van der Waals surface area contributed by atoms with Gasteiger partial charge in [-0.3, -0.25) is 4.90 Å². The van der Waals surface area contributed by atoms with E-state index in [4.69, 9.17) is 14.6 Å². The molecule has 0 aliphatic carbocycles. The monoisotopic (exact) mass is 215 g/mol. The van der Waals surface area contributed by atoms with Crippen LogP contribution in [0.2, 0.25) is 0 Å². The van der Waals surface area contributed by atoms with Crippen molar-refractivity contribution in [2.75, 3.05) is 40.0 Å². The summed E-state index contributed by atoms with van der Waals surface area (Å²) in [6.45, 7) is 3.81. The van der Waals surface area contributed by atoms with Crippen molar-refractivity contribution in [3.63, 3.8) is 0 Å². The highest BCUT2D eigenvalue weighted by Gasteiger charge is 2.42. The second-order valence-corrected chi connectivity index (χ2v) is 4.63. The van der Waals surface area contributed by atoms with E-state index in [2.05, 4.69) is 4.90 Å². The molecular formula is C11H21NO3. The number of likely N-dealkylation sites (tertiary alicyclic amines) is 1. The molecule has 1 N–H and O–H groups in total. The maximum absolute atomic E-state index is 8.90. The number of aliphatic hydroxyl groups excluding tert-OH is 1. The Morgan fingerprint density at radius 2 is 2.47 bits per heavy atom. The van der Waals surface area contributed by atoms with Crippen molar-refractivity contribution in [3.8, 4) is 0 Å². The van der Waals surface area contributed by atoms with Crippen LogP contribution >= 0.6 is 0 Å². The molecule has 2 rings (SSSR count). The number of ether oxygens (including phenoxy) is 2. The standard InChI is InChI=1S/C11H21NO3/c1-14-10-2-7-15-11(8-10)3-4-12(9-11)5-6-13/h10,13H,2-9H2,1H3/t10-,11-/m1/s1. The van der Waals surface area contributed by atoms with Crippen LogP contribution in [0.3, 0.4) is 0 Å². The summed E-state index contributed by atoms with van der Waals surface area (Å²) in [5.41, 5.74) is 0.00803. The van der Waals surface area contributed by atoms with E-state index in [1.54, 1.807) is 7.11 Å². The van der Waals surface area contributed by atoms with Crippen molar-refractivity contribution in [2.45, 2.75) is 31.0 Å². The zero-order valence-electron chi connectivity index (χ0n) is 9.45. The van der Waals surface area contributed by atoms with Gasteiger partial charge in [-0.1, -0.05) is 0 Å². The van der Waals surface area contributed by atoms with Gasteiger partial charge >= 0.3 is 0 Å². The van der Waals surface area contributed by atoms with Crippen LogP contribution in [0.5, 0.6) is 0 Å². The van der Waals surface area contributed by atoms with Crippen LogP contribution in [-0.2, 0) is 9.47 Å². The smallest absolute Gasteiger partial charge is 0.0845 e. The van der Waals surface area contributed by atoms with E-state index in [1.165, 1.54) is 0 Å². The molecule has 2 aliphatic heterocycles. The highest BCUT2D eigenvalue weighted by Crippen LogP contribution is 2.34. The maximum Gasteiger partial charge on any atom is 0.0845 e. The maximum atomic E-state index is 8.90. The number of rotatable bonds is 3.